The lowest BCUT2D eigenvalue weighted by Gasteiger charge is -2.15. The molecule has 2 nitrogen and oxygen atoms in total. The van der Waals surface area contributed by atoms with Gasteiger partial charge in [0.1, 0.15) is 0 Å². The van der Waals surface area contributed by atoms with Gasteiger partial charge in [0.15, 0.2) is 0 Å². The summed E-state index contributed by atoms with van der Waals surface area (Å²) in [5.41, 5.74) is 0. The van der Waals surface area contributed by atoms with E-state index in [1.165, 1.54) is 0 Å². The first kappa shape index (κ1) is 16.4. The first-order chi connectivity index (χ1) is 9.02. The Kier molecular flexibility index (Phi) is 7.32. The SMILES string of the molecule is CC[C@H](Sc1ccc(Cl)cc1)C(=O)NCCC(C)C. The Labute approximate surface area is 125 Å². The van der Waals surface area contributed by atoms with Crippen molar-refractivity contribution in [2.75, 3.05) is 6.54 Å². The molecule has 0 aliphatic heterocycles. The predicted molar refractivity (Wildman–Crippen MR) is 83.9 cm³/mol. The van der Waals surface area contributed by atoms with E-state index in [0.29, 0.717) is 5.92 Å². The second-order valence-electron chi connectivity index (χ2n) is 4.94. The van der Waals surface area contributed by atoms with E-state index in [9.17, 15) is 4.79 Å². The first-order valence-corrected chi connectivity index (χ1v) is 7.98. The summed E-state index contributed by atoms with van der Waals surface area (Å²) in [4.78, 5) is 13.1. The quantitative estimate of drug-likeness (QED) is 0.757. The maximum Gasteiger partial charge on any atom is 0.233 e. The minimum Gasteiger partial charge on any atom is -0.355 e. The molecule has 0 heterocycles. The molecule has 1 atom stereocenters. The Morgan fingerprint density at radius 3 is 2.47 bits per heavy atom. The molecule has 1 amide bonds. The van der Waals surface area contributed by atoms with Crippen LogP contribution < -0.4 is 5.32 Å². The molecular formula is C15H22ClNOS. The average molecular weight is 300 g/mol. The van der Waals surface area contributed by atoms with Crippen LogP contribution in [0, 0.1) is 5.92 Å². The maximum absolute atomic E-state index is 12.1. The van der Waals surface area contributed by atoms with Crippen molar-refractivity contribution in [3.63, 3.8) is 0 Å². The summed E-state index contributed by atoms with van der Waals surface area (Å²) in [7, 11) is 0. The molecule has 1 rings (SSSR count). The van der Waals surface area contributed by atoms with Crippen LogP contribution in [0.25, 0.3) is 0 Å². The summed E-state index contributed by atoms with van der Waals surface area (Å²) >= 11 is 7.45. The van der Waals surface area contributed by atoms with Crippen molar-refractivity contribution < 1.29 is 4.79 Å². The second-order valence-corrected chi connectivity index (χ2v) is 6.65. The molecule has 19 heavy (non-hydrogen) atoms. The van der Waals surface area contributed by atoms with Crippen LogP contribution in [0.5, 0.6) is 0 Å². The van der Waals surface area contributed by atoms with E-state index in [4.69, 9.17) is 11.6 Å². The zero-order valence-electron chi connectivity index (χ0n) is 11.8. The molecule has 0 aliphatic rings. The highest BCUT2D eigenvalue weighted by molar-refractivity contribution is 8.00. The van der Waals surface area contributed by atoms with Gasteiger partial charge in [-0.2, -0.15) is 0 Å². The fourth-order valence-electron chi connectivity index (χ4n) is 1.60. The summed E-state index contributed by atoms with van der Waals surface area (Å²) < 4.78 is 0. The number of benzene rings is 1. The molecule has 1 N–H and O–H groups in total. The summed E-state index contributed by atoms with van der Waals surface area (Å²) in [6.45, 7) is 7.11. The largest absolute Gasteiger partial charge is 0.355 e. The predicted octanol–water partition coefficient (Wildman–Crippen LogP) is 4.37. The Bertz CT molecular complexity index is 392. The van der Waals surface area contributed by atoms with Gasteiger partial charge in [0.05, 0.1) is 5.25 Å². The number of hydrogen-bond acceptors (Lipinski definition) is 2. The van der Waals surface area contributed by atoms with Gasteiger partial charge in [-0.05, 0) is 43.0 Å². The van der Waals surface area contributed by atoms with Gasteiger partial charge < -0.3 is 5.32 Å². The molecule has 0 spiro atoms. The van der Waals surface area contributed by atoms with Crippen LogP contribution in [0.1, 0.15) is 33.6 Å². The topological polar surface area (TPSA) is 29.1 Å². The minimum atomic E-state index is -0.0339. The Morgan fingerprint density at radius 2 is 1.95 bits per heavy atom. The summed E-state index contributed by atoms with van der Waals surface area (Å²) in [6, 6.07) is 7.62. The standard InChI is InChI=1S/C15H22ClNOS/c1-4-14(15(18)17-10-9-11(2)3)19-13-7-5-12(16)6-8-13/h5-8,11,14H,4,9-10H2,1-3H3,(H,17,18)/t14-/m0/s1. The van der Waals surface area contributed by atoms with Crippen molar-refractivity contribution in [1.82, 2.24) is 5.32 Å². The van der Waals surface area contributed by atoms with E-state index in [2.05, 4.69) is 19.2 Å². The molecule has 1 aromatic rings. The van der Waals surface area contributed by atoms with Crippen LogP contribution in [-0.4, -0.2) is 17.7 Å². The van der Waals surface area contributed by atoms with Gasteiger partial charge >= 0.3 is 0 Å². The molecule has 0 aromatic heterocycles. The molecular weight excluding hydrogens is 278 g/mol. The summed E-state index contributed by atoms with van der Waals surface area (Å²) in [6.07, 6.45) is 1.84. The monoisotopic (exact) mass is 299 g/mol. The van der Waals surface area contributed by atoms with Gasteiger partial charge in [-0.15, -0.1) is 11.8 Å². The number of halogens is 1. The number of amides is 1. The summed E-state index contributed by atoms with van der Waals surface area (Å²) in [5, 5.41) is 3.70. The average Bonchev–Trinajstić information content (AvgIpc) is 2.37. The van der Waals surface area contributed by atoms with Crippen LogP contribution in [0.4, 0.5) is 0 Å². The lowest BCUT2D eigenvalue weighted by atomic mass is 10.1. The third kappa shape index (κ3) is 6.35. The third-order valence-electron chi connectivity index (χ3n) is 2.78. The van der Waals surface area contributed by atoms with Crippen LogP contribution >= 0.6 is 23.4 Å². The third-order valence-corrected chi connectivity index (χ3v) is 4.40. The van der Waals surface area contributed by atoms with Crippen molar-refractivity contribution in [3.8, 4) is 0 Å². The van der Waals surface area contributed by atoms with Crippen molar-refractivity contribution in [1.29, 1.82) is 0 Å². The second kappa shape index (κ2) is 8.49. The molecule has 0 saturated carbocycles. The maximum atomic E-state index is 12.1. The van der Waals surface area contributed by atoms with Gasteiger partial charge in [-0.25, -0.2) is 0 Å². The van der Waals surface area contributed by atoms with E-state index in [1.54, 1.807) is 11.8 Å². The molecule has 0 bridgehead atoms. The number of nitrogens with one attached hydrogen (secondary N) is 1. The molecule has 0 unspecified atom stereocenters. The highest BCUT2D eigenvalue weighted by atomic mass is 35.5. The zero-order valence-corrected chi connectivity index (χ0v) is 13.4. The molecule has 0 saturated heterocycles. The zero-order chi connectivity index (χ0) is 14.3. The van der Waals surface area contributed by atoms with E-state index in [-0.39, 0.29) is 11.2 Å². The lowest BCUT2D eigenvalue weighted by Crippen LogP contribution is -2.33. The van der Waals surface area contributed by atoms with Gasteiger partial charge in [0.2, 0.25) is 5.91 Å². The van der Waals surface area contributed by atoms with Crippen LogP contribution in [0.15, 0.2) is 29.2 Å². The number of carbonyl (C=O) groups is 1. The number of hydrogen-bond donors (Lipinski definition) is 1. The van der Waals surface area contributed by atoms with Crippen molar-refractivity contribution in [2.24, 2.45) is 5.92 Å². The molecule has 1 aromatic carbocycles. The van der Waals surface area contributed by atoms with Gasteiger partial charge in [-0.3, -0.25) is 4.79 Å². The highest BCUT2D eigenvalue weighted by Gasteiger charge is 2.17. The number of carbonyl (C=O) groups excluding carboxylic acids is 1. The van der Waals surface area contributed by atoms with Crippen molar-refractivity contribution in [3.05, 3.63) is 29.3 Å². The molecule has 4 heteroatoms. The van der Waals surface area contributed by atoms with Crippen molar-refractivity contribution >= 4 is 29.3 Å². The number of rotatable bonds is 7. The summed E-state index contributed by atoms with van der Waals surface area (Å²) in [5.74, 6) is 0.743. The van der Waals surface area contributed by atoms with E-state index in [1.807, 2.05) is 31.2 Å². The van der Waals surface area contributed by atoms with Gasteiger partial charge in [-0.1, -0.05) is 32.4 Å². The molecule has 0 fully saturated rings. The smallest absolute Gasteiger partial charge is 0.233 e. The molecule has 106 valence electrons. The van der Waals surface area contributed by atoms with Gasteiger partial charge in [0, 0.05) is 16.5 Å². The Morgan fingerprint density at radius 1 is 1.32 bits per heavy atom. The number of thioether (sulfide) groups is 1. The highest BCUT2D eigenvalue weighted by Crippen LogP contribution is 2.26. The molecule has 0 radical (unpaired) electrons. The normalized spacial score (nSPS) is 12.5. The Hall–Kier alpha value is -0.670. The van der Waals surface area contributed by atoms with Crippen LogP contribution in [0.2, 0.25) is 5.02 Å². The van der Waals surface area contributed by atoms with Gasteiger partial charge in [0.25, 0.3) is 0 Å². The minimum absolute atomic E-state index is 0.0339. The fraction of sp³-hybridized carbons (Fsp3) is 0.533. The molecule has 0 aliphatic carbocycles. The fourth-order valence-corrected chi connectivity index (χ4v) is 2.70. The van der Waals surface area contributed by atoms with Crippen molar-refractivity contribution in [2.45, 2.75) is 43.8 Å². The van der Waals surface area contributed by atoms with E-state index < -0.39 is 0 Å². The van der Waals surface area contributed by atoms with Crippen LogP contribution in [-0.2, 0) is 4.79 Å². The van der Waals surface area contributed by atoms with E-state index >= 15 is 0 Å². The Balaban J connectivity index is 2.48. The van der Waals surface area contributed by atoms with E-state index in [0.717, 1.165) is 29.3 Å². The first-order valence-electron chi connectivity index (χ1n) is 6.72. The van der Waals surface area contributed by atoms with Crippen LogP contribution in [0.3, 0.4) is 0 Å². The lowest BCUT2D eigenvalue weighted by molar-refractivity contribution is -0.120.